The molecule has 1 fully saturated rings. The summed E-state index contributed by atoms with van der Waals surface area (Å²) < 4.78 is 5.55. The van der Waals surface area contributed by atoms with Gasteiger partial charge in [-0.15, -0.1) is 0 Å². The fourth-order valence-electron chi connectivity index (χ4n) is 4.05. The fourth-order valence-corrected chi connectivity index (χ4v) is 4.05. The highest BCUT2D eigenvalue weighted by atomic mass is 16.6. The highest BCUT2D eigenvalue weighted by Crippen LogP contribution is 2.28. The lowest BCUT2D eigenvalue weighted by Crippen LogP contribution is -1.97. The molecule has 1 aliphatic rings. The zero-order valence-electron chi connectivity index (χ0n) is 19.2. The first kappa shape index (κ1) is 26.2. The number of hydrogen-bond acceptors (Lipinski definition) is 2. The van der Waals surface area contributed by atoms with Crippen molar-refractivity contribution in [2.75, 3.05) is 0 Å². The minimum absolute atomic E-state index is 0.254. The van der Waals surface area contributed by atoms with E-state index in [-0.39, 0.29) is 18.6 Å². The topological polar surface area (TPSA) is 49.8 Å². The molecule has 0 spiro atoms. The summed E-state index contributed by atoms with van der Waals surface area (Å²) >= 11 is 0. The molecule has 0 bridgehead atoms. The van der Waals surface area contributed by atoms with Crippen LogP contribution in [0.2, 0.25) is 0 Å². The number of carbonyl (C=O) groups is 1. The van der Waals surface area contributed by atoms with Crippen molar-refractivity contribution in [3.05, 3.63) is 12.2 Å². The Hall–Kier alpha value is -0.830. The molecule has 1 N–H and O–H groups in total. The van der Waals surface area contributed by atoms with E-state index in [2.05, 4.69) is 19.1 Å². The average Bonchev–Trinajstić information content (AvgIpc) is 3.45. The normalized spacial score (nSPS) is 18.5. The monoisotopic (exact) mass is 408 g/mol. The lowest BCUT2D eigenvalue weighted by molar-refractivity contribution is -0.137. The van der Waals surface area contributed by atoms with Gasteiger partial charge in [-0.1, -0.05) is 115 Å². The van der Waals surface area contributed by atoms with E-state index in [4.69, 9.17) is 9.84 Å². The summed E-state index contributed by atoms with van der Waals surface area (Å²) in [4.78, 5) is 10.5. The summed E-state index contributed by atoms with van der Waals surface area (Å²) in [7, 11) is 0. The van der Waals surface area contributed by atoms with Crippen molar-refractivity contribution >= 4 is 5.97 Å². The van der Waals surface area contributed by atoms with Gasteiger partial charge in [-0.25, -0.2) is 0 Å². The summed E-state index contributed by atoms with van der Waals surface area (Å²) in [5.41, 5.74) is 0. The number of allylic oxidation sites excluding steroid dienone is 1. The third kappa shape index (κ3) is 17.7. The van der Waals surface area contributed by atoms with Gasteiger partial charge in [0, 0.05) is 6.42 Å². The van der Waals surface area contributed by atoms with E-state index in [1.54, 1.807) is 0 Å². The van der Waals surface area contributed by atoms with E-state index in [1.807, 2.05) is 0 Å². The van der Waals surface area contributed by atoms with Crippen molar-refractivity contribution in [1.82, 2.24) is 0 Å². The van der Waals surface area contributed by atoms with Crippen molar-refractivity contribution in [2.45, 2.75) is 148 Å². The number of rotatable bonds is 22. The number of hydrogen-bond donors (Lipinski definition) is 1. The minimum Gasteiger partial charge on any atom is -0.481 e. The number of carboxylic acid groups (broad SMARTS) is 1. The molecule has 1 rings (SSSR count). The predicted molar refractivity (Wildman–Crippen MR) is 123 cm³/mol. The molecule has 3 nitrogen and oxygen atoms in total. The Kier molecular flexibility index (Phi) is 17.3. The minimum atomic E-state index is -0.707. The summed E-state index contributed by atoms with van der Waals surface area (Å²) in [6, 6.07) is 0. The molecule has 1 saturated heterocycles. The molecule has 0 aromatic carbocycles. The van der Waals surface area contributed by atoms with E-state index < -0.39 is 5.97 Å². The van der Waals surface area contributed by atoms with Gasteiger partial charge in [0.15, 0.2) is 0 Å². The zero-order valence-corrected chi connectivity index (χ0v) is 19.2. The highest BCUT2D eigenvalue weighted by Gasteiger charge is 2.35. The van der Waals surface area contributed by atoms with Crippen LogP contribution < -0.4 is 0 Å². The third-order valence-corrected chi connectivity index (χ3v) is 6.05. The van der Waals surface area contributed by atoms with Crippen molar-refractivity contribution in [2.24, 2.45) is 0 Å². The second-order valence-electron chi connectivity index (χ2n) is 8.95. The van der Waals surface area contributed by atoms with Gasteiger partial charge in [0.2, 0.25) is 0 Å². The van der Waals surface area contributed by atoms with E-state index >= 15 is 0 Å². The van der Waals surface area contributed by atoms with Gasteiger partial charge in [0.25, 0.3) is 0 Å². The van der Waals surface area contributed by atoms with Gasteiger partial charge < -0.3 is 9.84 Å². The molecule has 0 aliphatic carbocycles. The van der Waals surface area contributed by atoms with Crippen LogP contribution in [0.1, 0.15) is 135 Å². The Morgan fingerprint density at radius 3 is 1.72 bits per heavy atom. The van der Waals surface area contributed by atoms with Crippen LogP contribution in [0.3, 0.4) is 0 Å². The van der Waals surface area contributed by atoms with Crippen molar-refractivity contribution in [1.29, 1.82) is 0 Å². The fraction of sp³-hybridized carbons (Fsp3) is 0.885. The van der Waals surface area contributed by atoms with Gasteiger partial charge in [-0.2, -0.15) is 0 Å². The Bertz CT molecular complexity index is 405. The van der Waals surface area contributed by atoms with Crippen LogP contribution in [0.25, 0.3) is 0 Å². The van der Waals surface area contributed by atoms with E-state index in [0.717, 1.165) is 19.3 Å². The number of unbranched alkanes of at least 4 members (excludes halogenated alkanes) is 16. The first-order valence-corrected chi connectivity index (χ1v) is 12.8. The molecular formula is C26H48O3. The van der Waals surface area contributed by atoms with Crippen LogP contribution in [-0.4, -0.2) is 23.3 Å². The standard InChI is InChI=1S/C26H48O3/c1-2-3-4-5-6-7-8-9-10-11-12-13-14-15-16-17-18-19-21-24-25(29-24)22-20-23-26(27)28/h19,21,24-25H,2-18,20,22-23H2,1H3,(H,27,28)/b21-19+. The van der Waals surface area contributed by atoms with Crippen LogP contribution in [0.5, 0.6) is 0 Å². The van der Waals surface area contributed by atoms with Gasteiger partial charge in [-0.05, 0) is 25.7 Å². The van der Waals surface area contributed by atoms with Gasteiger partial charge in [-0.3, -0.25) is 4.79 Å². The summed E-state index contributed by atoms with van der Waals surface area (Å²) in [5.74, 6) is -0.707. The second kappa shape index (κ2) is 19.2. The maximum atomic E-state index is 10.5. The molecule has 0 saturated carbocycles. The Morgan fingerprint density at radius 1 is 0.759 bits per heavy atom. The number of ether oxygens (including phenoxy) is 1. The van der Waals surface area contributed by atoms with Gasteiger partial charge in [0.05, 0.1) is 6.10 Å². The summed E-state index contributed by atoms with van der Waals surface area (Å²) in [6.45, 7) is 2.29. The van der Waals surface area contributed by atoms with Crippen LogP contribution in [0, 0.1) is 0 Å². The lowest BCUT2D eigenvalue weighted by Gasteiger charge is -2.03. The van der Waals surface area contributed by atoms with E-state index in [1.165, 1.54) is 103 Å². The smallest absolute Gasteiger partial charge is 0.303 e. The molecule has 0 amide bonds. The quantitative estimate of drug-likeness (QED) is 0.111. The first-order valence-electron chi connectivity index (χ1n) is 12.8. The predicted octanol–water partition coefficient (Wildman–Crippen LogP) is 8.22. The Balaban J connectivity index is 1.71. The van der Waals surface area contributed by atoms with Crippen LogP contribution >= 0.6 is 0 Å². The summed E-state index contributed by atoms with van der Waals surface area (Å²) in [5, 5.41) is 8.63. The lowest BCUT2D eigenvalue weighted by atomic mass is 10.0. The molecular weight excluding hydrogens is 360 g/mol. The third-order valence-electron chi connectivity index (χ3n) is 6.05. The van der Waals surface area contributed by atoms with Crippen molar-refractivity contribution in [3.8, 4) is 0 Å². The molecule has 0 radical (unpaired) electrons. The average molecular weight is 409 g/mol. The first-order chi connectivity index (χ1) is 14.2. The maximum absolute atomic E-state index is 10.5. The van der Waals surface area contributed by atoms with E-state index in [0.29, 0.717) is 0 Å². The van der Waals surface area contributed by atoms with Crippen molar-refractivity contribution < 1.29 is 14.6 Å². The zero-order chi connectivity index (χ0) is 21.0. The molecule has 3 heteroatoms. The molecule has 1 heterocycles. The molecule has 0 aromatic rings. The van der Waals surface area contributed by atoms with Gasteiger partial charge >= 0.3 is 5.97 Å². The van der Waals surface area contributed by atoms with Crippen molar-refractivity contribution in [3.63, 3.8) is 0 Å². The Labute approximate surface area is 180 Å². The maximum Gasteiger partial charge on any atom is 0.303 e. The molecule has 0 aromatic heterocycles. The van der Waals surface area contributed by atoms with Gasteiger partial charge in [0.1, 0.15) is 6.10 Å². The highest BCUT2D eigenvalue weighted by molar-refractivity contribution is 5.66. The SMILES string of the molecule is CCCCCCCCCCCCCCCCCC/C=C/C1OC1CCCC(=O)O. The van der Waals surface area contributed by atoms with Crippen LogP contribution in [0.15, 0.2) is 12.2 Å². The van der Waals surface area contributed by atoms with Crippen LogP contribution in [0.4, 0.5) is 0 Å². The molecule has 1 aliphatic heterocycles. The molecule has 29 heavy (non-hydrogen) atoms. The molecule has 2 unspecified atom stereocenters. The second-order valence-corrected chi connectivity index (χ2v) is 8.95. The molecule has 2 atom stereocenters. The van der Waals surface area contributed by atoms with E-state index in [9.17, 15) is 4.79 Å². The summed E-state index contributed by atoms with van der Waals surface area (Å²) in [6.07, 6.45) is 30.6. The number of carboxylic acids is 1. The van der Waals surface area contributed by atoms with Crippen LogP contribution in [-0.2, 0) is 9.53 Å². The molecule has 170 valence electrons. The largest absolute Gasteiger partial charge is 0.481 e. The Morgan fingerprint density at radius 2 is 1.24 bits per heavy atom. The number of epoxide rings is 1. The number of aliphatic carboxylic acids is 1.